The molecule has 2 aliphatic carbocycles. The Morgan fingerprint density at radius 3 is 2.50 bits per heavy atom. The SMILES string of the molecule is CCCC1CCC(NC(=O)C2CC(C)CCC2N)CC1. The number of hydrogen-bond acceptors (Lipinski definition) is 2. The third-order valence-corrected chi connectivity index (χ3v) is 5.39. The van der Waals surface area contributed by atoms with E-state index in [1.54, 1.807) is 0 Å². The van der Waals surface area contributed by atoms with Gasteiger partial charge in [-0.05, 0) is 56.8 Å². The van der Waals surface area contributed by atoms with Gasteiger partial charge in [-0.25, -0.2) is 0 Å². The molecule has 0 aliphatic heterocycles. The van der Waals surface area contributed by atoms with E-state index in [0.717, 1.165) is 31.6 Å². The van der Waals surface area contributed by atoms with Crippen LogP contribution in [0.1, 0.15) is 71.6 Å². The number of carbonyl (C=O) groups is 1. The maximum atomic E-state index is 12.4. The fourth-order valence-corrected chi connectivity index (χ4v) is 4.02. The van der Waals surface area contributed by atoms with Crippen molar-refractivity contribution in [2.75, 3.05) is 0 Å². The second kappa shape index (κ2) is 7.44. The van der Waals surface area contributed by atoms with Crippen molar-refractivity contribution < 1.29 is 4.79 Å². The zero-order valence-corrected chi connectivity index (χ0v) is 13.2. The Morgan fingerprint density at radius 1 is 1.15 bits per heavy atom. The van der Waals surface area contributed by atoms with Crippen molar-refractivity contribution in [3.8, 4) is 0 Å². The predicted octanol–water partition coefficient (Wildman–Crippen LogP) is 3.23. The summed E-state index contributed by atoms with van der Waals surface area (Å²) in [6, 6.07) is 0.475. The Hall–Kier alpha value is -0.570. The van der Waals surface area contributed by atoms with Gasteiger partial charge in [-0.3, -0.25) is 4.79 Å². The van der Waals surface area contributed by atoms with E-state index in [-0.39, 0.29) is 17.9 Å². The fourth-order valence-electron chi connectivity index (χ4n) is 4.02. The van der Waals surface area contributed by atoms with E-state index in [0.29, 0.717) is 12.0 Å². The number of carbonyl (C=O) groups excluding carboxylic acids is 1. The van der Waals surface area contributed by atoms with Crippen LogP contribution in [0.5, 0.6) is 0 Å². The van der Waals surface area contributed by atoms with E-state index in [4.69, 9.17) is 5.73 Å². The Bertz CT molecular complexity index is 310. The van der Waals surface area contributed by atoms with Crippen LogP contribution in [0.2, 0.25) is 0 Å². The Labute approximate surface area is 124 Å². The number of hydrogen-bond donors (Lipinski definition) is 2. The third kappa shape index (κ3) is 4.21. The highest BCUT2D eigenvalue weighted by Crippen LogP contribution is 2.30. The summed E-state index contributed by atoms with van der Waals surface area (Å²) < 4.78 is 0. The van der Waals surface area contributed by atoms with E-state index >= 15 is 0 Å². The second-order valence-corrected chi connectivity index (χ2v) is 7.20. The Morgan fingerprint density at radius 2 is 1.85 bits per heavy atom. The summed E-state index contributed by atoms with van der Waals surface area (Å²) in [5, 5.41) is 3.28. The molecule has 0 radical (unpaired) electrons. The van der Waals surface area contributed by atoms with Crippen LogP contribution in [0.4, 0.5) is 0 Å². The number of rotatable bonds is 4. The summed E-state index contributed by atoms with van der Waals surface area (Å²) in [5.74, 6) is 1.81. The number of nitrogens with two attached hydrogens (primary N) is 1. The molecule has 2 saturated carbocycles. The van der Waals surface area contributed by atoms with Gasteiger partial charge in [0.05, 0.1) is 5.92 Å². The van der Waals surface area contributed by atoms with Crippen LogP contribution < -0.4 is 11.1 Å². The lowest BCUT2D eigenvalue weighted by Crippen LogP contribution is -2.48. The van der Waals surface area contributed by atoms with Crippen LogP contribution in [0.15, 0.2) is 0 Å². The highest BCUT2D eigenvalue weighted by atomic mass is 16.2. The first-order valence-corrected chi connectivity index (χ1v) is 8.66. The van der Waals surface area contributed by atoms with Gasteiger partial charge in [0.25, 0.3) is 0 Å². The van der Waals surface area contributed by atoms with Gasteiger partial charge in [-0.1, -0.05) is 26.7 Å². The molecule has 0 bridgehead atoms. The molecule has 0 aromatic heterocycles. The average Bonchev–Trinajstić information content (AvgIpc) is 2.44. The van der Waals surface area contributed by atoms with Crippen molar-refractivity contribution in [3.63, 3.8) is 0 Å². The molecule has 0 spiro atoms. The van der Waals surface area contributed by atoms with Crippen molar-refractivity contribution in [1.29, 1.82) is 0 Å². The summed E-state index contributed by atoms with van der Waals surface area (Å²) in [4.78, 5) is 12.4. The Balaban J connectivity index is 1.77. The zero-order valence-electron chi connectivity index (χ0n) is 13.2. The third-order valence-electron chi connectivity index (χ3n) is 5.39. The molecular formula is C17H32N2O. The number of nitrogens with one attached hydrogen (secondary N) is 1. The molecule has 1 amide bonds. The molecule has 2 fully saturated rings. The van der Waals surface area contributed by atoms with Gasteiger partial charge in [0.2, 0.25) is 5.91 Å². The van der Waals surface area contributed by atoms with E-state index < -0.39 is 0 Å². The van der Waals surface area contributed by atoms with Gasteiger partial charge in [0.15, 0.2) is 0 Å². The van der Waals surface area contributed by atoms with E-state index in [1.165, 1.54) is 32.1 Å². The quantitative estimate of drug-likeness (QED) is 0.830. The van der Waals surface area contributed by atoms with Crippen molar-refractivity contribution in [2.45, 2.75) is 83.7 Å². The lowest BCUT2D eigenvalue weighted by molar-refractivity contribution is -0.128. The molecule has 3 unspecified atom stereocenters. The van der Waals surface area contributed by atoms with E-state index in [1.807, 2.05) is 0 Å². The summed E-state index contributed by atoms with van der Waals surface area (Å²) in [5.41, 5.74) is 6.15. The average molecular weight is 280 g/mol. The molecule has 2 aliphatic rings. The molecular weight excluding hydrogens is 248 g/mol. The molecule has 20 heavy (non-hydrogen) atoms. The van der Waals surface area contributed by atoms with Crippen molar-refractivity contribution in [1.82, 2.24) is 5.32 Å². The van der Waals surface area contributed by atoms with Gasteiger partial charge in [-0.15, -0.1) is 0 Å². The van der Waals surface area contributed by atoms with Crippen LogP contribution in [0.25, 0.3) is 0 Å². The minimum atomic E-state index is 0.0483. The lowest BCUT2D eigenvalue weighted by Gasteiger charge is -2.34. The molecule has 3 heteroatoms. The maximum Gasteiger partial charge on any atom is 0.224 e. The van der Waals surface area contributed by atoms with Crippen LogP contribution >= 0.6 is 0 Å². The molecule has 116 valence electrons. The molecule has 0 aromatic carbocycles. The van der Waals surface area contributed by atoms with E-state index in [9.17, 15) is 4.79 Å². The highest BCUT2D eigenvalue weighted by molar-refractivity contribution is 5.79. The molecule has 0 saturated heterocycles. The van der Waals surface area contributed by atoms with Crippen molar-refractivity contribution in [2.24, 2.45) is 23.5 Å². The highest BCUT2D eigenvalue weighted by Gasteiger charge is 2.33. The van der Waals surface area contributed by atoms with Gasteiger partial charge < -0.3 is 11.1 Å². The summed E-state index contributed by atoms with van der Waals surface area (Å²) in [6.07, 6.45) is 10.7. The monoisotopic (exact) mass is 280 g/mol. The lowest BCUT2D eigenvalue weighted by atomic mass is 9.78. The minimum Gasteiger partial charge on any atom is -0.353 e. The number of amides is 1. The summed E-state index contributed by atoms with van der Waals surface area (Å²) in [6.45, 7) is 4.50. The molecule has 0 aromatic rings. The molecule has 2 rings (SSSR count). The zero-order chi connectivity index (χ0) is 14.5. The van der Waals surface area contributed by atoms with Gasteiger partial charge in [-0.2, -0.15) is 0 Å². The van der Waals surface area contributed by atoms with Gasteiger partial charge >= 0.3 is 0 Å². The topological polar surface area (TPSA) is 55.1 Å². The molecule has 3 atom stereocenters. The maximum absolute atomic E-state index is 12.4. The largest absolute Gasteiger partial charge is 0.353 e. The molecule has 3 nitrogen and oxygen atoms in total. The molecule has 0 heterocycles. The van der Waals surface area contributed by atoms with Gasteiger partial charge in [0.1, 0.15) is 0 Å². The molecule has 3 N–H and O–H groups in total. The standard InChI is InChI=1S/C17H32N2O/c1-3-4-13-6-8-14(9-7-13)19-17(20)15-11-12(2)5-10-16(15)18/h12-16H,3-11,18H2,1-2H3,(H,19,20). The smallest absolute Gasteiger partial charge is 0.224 e. The van der Waals surface area contributed by atoms with E-state index in [2.05, 4.69) is 19.2 Å². The minimum absolute atomic E-state index is 0.0483. The van der Waals surface area contributed by atoms with Crippen LogP contribution in [0.3, 0.4) is 0 Å². The first kappa shape index (κ1) is 15.8. The normalized spacial score (nSPS) is 38.5. The van der Waals surface area contributed by atoms with Crippen molar-refractivity contribution >= 4 is 5.91 Å². The second-order valence-electron chi connectivity index (χ2n) is 7.20. The first-order valence-electron chi connectivity index (χ1n) is 8.66. The van der Waals surface area contributed by atoms with Crippen LogP contribution in [-0.2, 0) is 4.79 Å². The van der Waals surface area contributed by atoms with Crippen molar-refractivity contribution in [3.05, 3.63) is 0 Å². The van der Waals surface area contributed by atoms with Gasteiger partial charge in [0, 0.05) is 12.1 Å². The van der Waals surface area contributed by atoms with Crippen LogP contribution in [0, 0.1) is 17.8 Å². The summed E-state index contributed by atoms with van der Waals surface area (Å²) >= 11 is 0. The predicted molar refractivity (Wildman–Crippen MR) is 83.3 cm³/mol. The Kier molecular flexibility index (Phi) is 5.88. The first-order chi connectivity index (χ1) is 9.60. The summed E-state index contributed by atoms with van der Waals surface area (Å²) in [7, 11) is 0. The van der Waals surface area contributed by atoms with Crippen LogP contribution in [-0.4, -0.2) is 18.0 Å². The fraction of sp³-hybridized carbons (Fsp3) is 0.941.